The standard InChI is InChI=1S/C22H17N3O3S/c23-13-14-2-1-3-18(12-14)28-17-8-6-16(7-9-17)24-22(27)19-10-11-20(29-19)25-21(26)15-4-5-15/h1-3,6-12,15H,4-5H2,(H,24,27)(H,25,26). The second-order valence-electron chi connectivity index (χ2n) is 6.65. The first-order chi connectivity index (χ1) is 14.1. The molecule has 29 heavy (non-hydrogen) atoms. The lowest BCUT2D eigenvalue weighted by atomic mass is 10.2. The molecule has 1 aliphatic rings. The predicted molar refractivity (Wildman–Crippen MR) is 111 cm³/mol. The second kappa shape index (κ2) is 8.17. The molecular weight excluding hydrogens is 386 g/mol. The molecule has 1 fully saturated rings. The summed E-state index contributed by atoms with van der Waals surface area (Å²) in [5.41, 5.74) is 1.15. The van der Waals surface area contributed by atoms with Gasteiger partial charge in [-0.2, -0.15) is 5.26 Å². The van der Waals surface area contributed by atoms with Crippen molar-refractivity contribution in [2.24, 2.45) is 5.92 Å². The van der Waals surface area contributed by atoms with Crippen LogP contribution in [0.4, 0.5) is 10.7 Å². The van der Waals surface area contributed by atoms with Gasteiger partial charge in [0, 0.05) is 11.6 Å². The molecule has 2 N–H and O–H groups in total. The molecule has 0 aliphatic heterocycles. The Labute approximate surface area is 171 Å². The summed E-state index contributed by atoms with van der Waals surface area (Å²) >= 11 is 1.25. The third-order valence-electron chi connectivity index (χ3n) is 4.34. The van der Waals surface area contributed by atoms with E-state index >= 15 is 0 Å². The molecule has 4 rings (SSSR count). The quantitative estimate of drug-likeness (QED) is 0.605. The topological polar surface area (TPSA) is 91.2 Å². The van der Waals surface area contributed by atoms with Gasteiger partial charge in [0.2, 0.25) is 5.91 Å². The van der Waals surface area contributed by atoms with Gasteiger partial charge in [0.15, 0.2) is 0 Å². The van der Waals surface area contributed by atoms with Crippen LogP contribution in [0.1, 0.15) is 28.1 Å². The van der Waals surface area contributed by atoms with E-state index in [4.69, 9.17) is 10.00 Å². The highest BCUT2D eigenvalue weighted by molar-refractivity contribution is 7.18. The Hall–Kier alpha value is -3.63. The van der Waals surface area contributed by atoms with Crippen LogP contribution in [0.15, 0.2) is 60.7 Å². The molecule has 7 heteroatoms. The van der Waals surface area contributed by atoms with Crippen LogP contribution in [0.3, 0.4) is 0 Å². The monoisotopic (exact) mass is 403 g/mol. The van der Waals surface area contributed by atoms with Crippen molar-refractivity contribution in [3.8, 4) is 17.6 Å². The van der Waals surface area contributed by atoms with E-state index in [0.29, 0.717) is 32.6 Å². The molecule has 1 aromatic heterocycles. The summed E-state index contributed by atoms with van der Waals surface area (Å²) in [6.45, 7) is 0. The zero-order chi connectivity index (χ0) is 20.2. The smallest absolute Gasteiger partial charge is 0.265 e. The van der Waals surface area contributed by atoms with Gasteiger partial charge in [-0.25, -0.2) is 0 Å². The summed E-state index contributed by atoms with van der Waals surface area (Å²) in [5.74, 6) is 1.07. The van der Waals surface area contributed by atoms with Crippen molar-refractivity contribution < 1.29 is 14.3 Å². The fourth-order valence-electron chi connectivity index (χ4n) is 2.66. The average molecular weight is 403 g/mol. The lowest BCUT2D eigenvalue weighted by molar-refractivity contribution is -0.117. The largest absolute Gasteiger partial charge is 0.457 e. The van der Waals surface area contributed by atoms with Gasteiger partial charge in [0.05, 0.1) is 21.5 Å². The molecule has 144 valence electrons. The van der Waals surface area contributed by atoms with Crippen molar-refractivity contribution in [2.75, 3.05) is 10.6 Å². The van der Waals surface area contributed by atoms with E-state index in [0.717, 1.165) is 12.8 Å². The maximum Gasteiger partial charge on any atom is 0.265 e. The van der Waals surface area contributed by atoms with Crippen LogP contribution in [0.25, 0.3) is 0 Å². The summed E-state index contributed by atoms with van der Waals surface area (Å²) in [6, 6.07) is 19.4. The van der Waals surface area contributed by atoms with Crippen molar-refractivity contribution in [2.45, 2.75) is 12.8 Å². The molecule has 6 nitrogen and oxygen atoms in total. The number of nitrogens with zero attached hydrogens (tertiary/aromatic N) is 1. The molecule has 0 unspecified atom stereocenters. The molecule has 1 aliphatic carbocycles. The van der Waals surface area contributed by atoms with Gasteiger partial charge in [-0.15, -0.1) is 11.3 Å². The van der Waals surface area contributed by atoms with E-state index < -0.39 is 0 Å². The maximum atomic E-state index is 12.4. The van der Waals surface area contributed by atoms with Crippen LogP contribution >= 0.6 is 11.3 Å². The van der Waals surface area contributed by atoms with Gasteiger partial charge in [0.25, 0.3) is 5.91 Å². The number of nitriles is 1. The number of benzene rings is 2. The highest BCUT2D eigenvalue weighted by atomic mass is 32.1. The fourth-order valence-corrected chi connectivity index (χ4v) is 3.46. The van der Waals surface area contributed by atoms with Gasteiger partial charge in [-0.1, -0.05) is 6.07 Å². The van der Waals surface area contributed by atoms with Crippen LogP contribution in [-0.2, 0) is 4.79 Å². The molecule has 2 amide bonds. The second-order valence-corrected chi connectivity index (χ2v) is 7.73. The molecule has 2 aromatic carbocycles. The van der Waals surface area contributed by atoms with E-state index in [9.17, 15) is 9.59 Å². The molecule has 0 bridgehead atoms. The molecule has 1 saturated carbocycles. The number of ether oxygens (including phenoxy) is 1. The minimum Gasteiger partial charge on any atom is -0.457 e. The molecular formula is C22H17N3O3S. The summed E-state index contributed by atoms with van der Waals surface area (Å²) in [4.78, 5) is 24.8. The Balaban J connectivity index is 1.35. The van der Waals surface area contributed by atoms with Crippen molar-refractivity contribution >= 4 is 33.8 Å². The first-order valence-corrected chi connectivity index (χ1v) is 9.92. The SMILES string of the molecule is N#Cc1cccc(Oc2ccc(NC(=O)c3ccc(NC(=O)C4CC4)s3)cc2)c1. The van der Waals surface area contributed by atoms with E-state index in [-0.39, 0.29) is 17.7 Å². The van der Waals surface area contributed by atoms with E-state index in [2.05, 4.69) is 16.7 Å². The molecule has 0 radical (unpaired) electrons. The van der Waals surface area contributed by atoms with Gasteiger partial charge >= 0.3 is 0 Å². The Morgan fingerprint density at radius 3 is 2.52 bits per heavy atom. The Bertz CT molecular complexity index is 1090. The van der Waals surface area contributed by atoms with Crippen LogP contribution in [0, 0.1) is 17.2 Å². The van der Waals surface area contributed by atoms with Gasteiger partial charge in [-0.05, 0) is 67.4 Å². The molecule has 0 saturated heterocycles. The normalized spacial score (nSPS) is 12.7. The summed E-state index contributed by atoms with van der Waals surface area (Å²) in [7, 11) is 0. The summed E-state index contributed by atoms with van der Waals surface area (Å²) in [5, 5.41) is 15.3. The highest BCUT2D eigenvalue weighted by Crippen LogP contribution is 2.32. The molecule has 0 spiro atoms. The highest BCUT2D eigenvalue weighted by Gasteiger charge is 2.29. The van der Waals surface area contributed by atoms with Gasteiger partial charge in [0.1, 0.15) is 11.5 Å². The minimum absolute atomic E-state index is 0.0229. The van der Waals surface area contributed by atoms with Crippen molar-refractivity contribution in [1.82, 2.24) is 0 Å². The fraction of sp³-hybridized carbons (Fsp3) is 0.136. The Morgan fingerprint density at radius 1 is 1.00 bits per heavy atom. The number of hydrogen-bond acceptors (Lipinski definition) is 5. The van der Waals surface area contributed by atoms with Crippen molar-refractivity contribution in [3.63, 3.8) is 0 Å². The Morgan fingerprint density at radius 2 is 1.79 bits per heavy atom. The number of anilines is 2. The Kier molecular flexibility index (Phi) is 5.27. The first-order valence-electron chi connectivity index (χ1n) is 9.11. The number of rotatable bonds is 6. The summed E-state index contributed by atoms with van der Waals surface area (Å²) in [6.07, 6.45) is 1.88. The zero-order valence-corrected chi connectivity index (χ0v) is 16.2. The third-order valence-corrected chi connectivity index (χ3v) is 5.33. The average Bonchev–Trinajstić information content (AvgIpc) is 3.49. The van der Waals surface area contributed by atoms with Crippen LogP contribution in [0.5, 0.6) is 11.5 Å². The van der Waals surface area contributed by atoms with E-state index in [1.165, 1.54) is 11.3 Å². The van der Waals surface area contributed by atoms with Crippen molar-refractivity contribution in [1.29, 1.82) is 5.26 Å². The number of carbonyl (C=O) groups is 2. The maximum absolute atomic E-state index is 12.4. The number of thiophene rings is 1. The van der Waals surface area contributed by atoms with Gasteiger partial charge in [-0.3, -0.25) is 9.59 Å². The lowest BCUT2D eigenvalue weighted by Crippen LogP contribution is -2.12. The number of amides is 2. The van der Waals surface area contributed by atoms with E-state index in [1.807, 2.05) is 0 Å². The minimum atomic E-state index is -0.239. The molecule has 1 heterocycles. The zero-order valence-electron chi connectivity index (χ0n) is 15.3. The van der Waals surface area contributed by atoms with E-state index in [1.54, 1.807) is 60.7 Å². The van der Waals surface area contributed by atoms with Crippen LogP contribution in [-0.4, -0.2) is 11.8 Å². The number of hydrogen-bond donors (Lipinski definition) is 2. The number of nitrogens with one attached hydrogen (secondary N) is 2. The molecule has 0 atom stereocenters. The third kappa shape index (κ3) is 4.81. The van der Waals surface area contributed by atoms with Crippen LogP contribution in [0.2, 0.25) is 0 Å². The lowest BCUT2D eigenvalue weighted by Gasteiger charge is -2.08. The molecule has 3 aromatic rings. The number of carbonyl (C=O) groups excluding carboxylic acids is 2. The predicted octanol–water partition coefficient (Wildman–Crippen LogP) is 5.01. The van der Waals surface area contributed by atoms with Gasteiger partial charge < -0.3 is 15.4 Å². The van der Waals surface area contributed by atoms with Crippen molar-refractivity contribution in [3.05, 3.63) is 71.1 Å². The first kappa shape index (κ1) is 18.7. The summed E-state index contributed by atoms with van der Waals surface area (Å²) < 4.78 is 5.73. The van der Waals surface area contributed by atoms with Crippen LogP contribution < -0.4 is 15.4 Å².